The van der Waals surface area contributed by atoms with E-state index in [1.54, 1.807) is 6.92 Å². The van der Waals surface area contributed by atoms with Crippen LogP contribution in [0.2, 0.25) is 0 Å². The number of hydrogen-bond donors (Lipinski definition) is 1. The molecule has 2 nitrogen and oxygen atoms in total. The first kappa shape index (κ1) is 7.32. The van der Waals surface area contributed by atoms with Crippen LogP contribution in [0.25, 0.3) is 0 Å². The molecule has 0 saturated heterocycles. The highest BCUT2D eigenvalue weighted by molar-refractivity contribution is 6.40. The SMILES string of the molecule is CC1(Cl)[N]C(Cl)=C(Cl)N1. The van der Waals surface area contributed by atoms with E-state index in [2.05, 4.69) is 10.6 Å². The summed E-state index contributed by atoms with van der Waals surface area (Å²) >= 11 is 16.7. The molecule has 0 saturated carbocycles. The smallest absolute Gasteiger partial charge is 0.205 e. The van der Waals surface area contributed by atoms with E-state index in [9.17, 15) is 0 Å². The molecule has 1 N–H and O–H groups in total. The van der Waals surface area contributed by atoms with E-state index in [0.29, 0.717) is 5.16 Å². The first-order valence-electron chi connectivity index (χ1n) is 2.26. The number of nitrogens with one attached hydrogen (secondary N) is 1. The third kappa shape index (κ3) is 1.57. The molecule has 1 unspecified atom stereocenters. The van der Waals surface area contributed by atoms with Gasteiger partial charge < -0.3 is 5.32 Å². The molecule has 1 aliphatic rings. The Bertz CT molecular complexity index is 147. The minimum Gasteiger partial charge on any atom is -0.337 e. The number of rotatable bonds is 0. The van der Waals surface area contributed by atoms with Gasteiger partial charge in [0, 0.05) is 0 Å². The van der Waals surface area contributed by atoms with E-state index in [4.69, 9.17) is 34.8 Å². The molecule has 0 aromatic heterocycles. The van der Waals surface area contributed by atoms with Gasteiger partial charge in [-0.25, -0.2) is 5.32 Å². The monoisotopic (exact) mass is 185 g/mol. The molecule has 5 heteroatoms. The van der Waals surface area contributed by atoms with Gasteiger partial charge in [0.1, 0.15) is 5.16 Å². The standard InChI is InChI=1S/C4H4Cl3N2/c1-4(7)8-2(5)3(6)9-4/h8H,1H3. The second-order valence-corrected chi connectivity index (χ2v) is 3.27. The maximum absolute atomic E-state index is 5.67. The second kappa shape index (κ2) is 2.11. The Hall–Kier alpha value is 0.210. The topological polar surface area (TPSA) is 26.1 Å². The molecular weight excluding hydrogens is 182 g/mol. The molecule has 1 radical (unpaired) electrons. The third-order valence-corrected chi connectivity index (χ3v) is 1.65. The molecular formula is C4H4Cl3N2. The van der Waals surface area contributed by atoms with Gasteiger partial charge in [0.25, 0.3) is 0 Å². The van der Waals surface area contributed by atoms with Crippen molar-refractivity contribution >= 4 is 34.8 Å². The average molecular weight is 186 g/mol. The molecule has 1 rings (SSSR count). The van der Waals surface area contributed by atoms with Crippen molar-refractivity contribution in [1.29, 1.82) is 0 Å². The zero-order valence-electron chi connectivity index (χ0n) is 4.58. The van der Waals surface area contributed by atoms with Crippen LogP contribution < -0.4 is 10.6 Å². The number of halogens is 3. The molecule has 1 heterocycles. The van der Waals surface area contributed by atoms with Crippen LogP contribution in [0.4, 0.5) is 0 Å². The fourth-order valence-electron chi connectivity index (χ4n) is 0.513. The quantitative estimate of drug-likeness (QED) is 0.452. The summed E-state index contributed by atoms with van der Waals surface area (Å²) in [6.45, 7) is 1.66. The lowest BCUT2D eigenvalue weighted by atomic mass is 10.6. The lowest BCUT2D eigenvalue weighted by Crippen LogP contribution is -2.36. The summed E-state index contributed by atoms with van der Waals surface area (Å²) in [5.74, 6) is 0. The molecule has 0 bridgehead atoms. The van der Waals surface area contributed by atoms with Gasteiger partial charge in [-0.2, -0.15) is 0 Å². The van der Waals surface area contributed by atoms with Crippen LogP contribution in [0.3, 0.4) is 0 Å². The highest BCUT2D eigenvalue weighted by Crippen LogP contribution is 2.25. The first-order valence-corrected chi connectivity index (χ1v) is 3.40. The van der Waals surface area contributed by atoms with Crippen molar-refractivity contribution in [3.05, 3.63) is 10.3 Å². The van der Waals surface area contributed by atoms with Crippen molar-refractivity contribution in [2.24, 2.45) is 0 Å². The summed E-state index contributed by atoms with van der Waals surface area (Å²) in [5, 5.41) is 6.10. The van der Waals surface area contributed by atoms with Crippen LogP contribution in [-0.4, -0.2) is 5.12 Å². The van der Waals surface area contributed by atoms with Crippen molar-refractivity contribution < 1.29 is 0 Å². The van der Waals surface area contributed by atoms with Crippen LogP contribution in [0.5, 0.6) is 0 Å². The minimum absolute atomic E-state index is 0.231. The predicted octanol–water partition coefficient (Wildman–Crippen LogP) is 1.71. The molecule has 0 aromatic rings. The Labute approximate surface area is 68.1 Å². The summed E-state index contributed by atoms with van der Waals surface area (Å²) in [6, 6.07) is 0. The molecule has 0 fully saturated rings. The normalized spacial score (nSPS) is 23.6. The maximum atomic E-state index is 5.67. The average Bonchev–Trinajstić information content (AvgIpc) is 1.79. The van der Waals surface area contributed by atoms with E-state index in [1.165, 1.54) is 0 Å². The summed E-state index contributed by atoms with van der Waals surface area (Å²) in [7, 11) is 0. The fraction of sp³-hybridized carbons (Fsp3) is 0.500. The summed E-state index contributed by atoms with van der Waals surface area (Å²) in [6.07, 6.45) is 0. The van der Waals surface area contributed by atoms with E-state index in [0.717, 1.165) is 0 Å². The van der Waals surface area contributed by atoms with E-state index < -0.39 is 5.12 Å². The lowest BCUT2D eigenvalue weighted by molar-refractivity contribution is 0.536. The van der Waals surface area contributed by atoms with Crippen molar-refractivity contribution in [3.63, 3.8) is 0 Å². The zero-order chi connectivity index (χ0) is 7.07. The Morgan fingerprint density at radius 3 is 2.22 bits per heavy atom. The van der Waals surface area contributed by atoms with Crippen molar-refractivity contribution in [1.82, 2.24) is 10.6 Å². The molecule has 0 aliphatic carbocycles. The third-order valence-electron chi connectivity index (χ3n) is 0.827. The molecule has 1 atom stereocenters. The minimum atomic E-state index is -0.853. The Morgan fingerprint density at radius 2 is 2.11 bits per heavy atom. The van der Waals surface area contributed by atoms with Crippen LogP contribution in [-0.2, 0) is 0 Å². The number of nitrogens with zero attached hydrogens (tertiary/aromatic N) is 1. The highest BCUT2D eigenvalue weighted by Gasteiger charge is 2.31. The largest absolute Gasteiger partial charge is 0.337 e. The fourth-order valence-corrected chi connectivity index (χ4v) is 1.23. The van der Waals surface area contributed by atoms with Crippen molar-refractivity contribution in [2.45, 2.75) is 12.0 Å². The van der Waals surface area contributed by atoms with Gasteiger partial charge in [0.15, 0.2) is 5.16 Å². The van der Waals surface area contributed by atoms with Crippen molar-refractivity contribution in [2.75, 3.05) is 0 Å². The van der Waals surface area contributed by atoms with Gasteiger partial charge in [-0.1, -0.05) is 34.8 Å². The van der Waals surface area contributed by atoms with Gasteiger partial charge in [-0.05, 0) is 6.92 Å². The van der Waals surface area contributed by atoms with Crippen LogP contribution in [0, 0.1) is 0 Å². The molecule has 0 aromatic carbocycles. The molecule has 0 spiro atoms. The molecule has 0 amide bonds. The highest BCUT2D eigenvalue weighted by atomic mass is 35.5. The lowest BCUT2D eigenvalue weighted by Gasteiger charge is -2.13. The van der Waals surface area contributed by atoms with Crippen LogP contribution >= 0.6 is 34.8 Å². The van der Waals surface area contributed by atoms with Gasteiger partial charge >= 0.3 is 0 Å². The Balaban J connectivity index is 2.70. The van der Waals surface area contributed by atoms with Gasteiger partial charge in [0.05, 0.1) is 0 Å². The van der Waals surface area contributed by atoms with E-state index in [1.807, 2.05) is 0 Å². The maximum Gasteiger partial charge on any atom is 0.205 e. The summed E-state index contributed by atoms with van der Waals surface area (Å²) in [4.78, 5) is 0. The van der Waals surface area contributed by atoms with Crippen LogP contribution in [0.15, 0.2) is 10.3 Å². The van der Waals surface area contributed by atoms with Crippen molar-refractivity contribution in [3.8, 4) is 0 Å². The van der Waals surface area contributed by atoms with Gasteiger partial charge in [0.2, 0.25) is 5.12 Å². The second-order valence-electron chi connectivity index (χ2n) is 1.79. The summed E-state index contributed by atoms with van der Waals surface area (Å²) in [5.41, 5.74) is 0. The first-order chi connectivity index (χ1) is 4.01. The Morgan fingerprint density at radius 1 is 1.56 bits per heavy atom. The predicted molar refractivity (Wildman–Crippen MR) is 38.3 cm³/mol. The number of alkyl halides is 1. The molecule has 51 valence electrons. The van der Waals surface area contributed by atoms with Gasteiger partial charge in [-0.15, -0.1) is 0 Å². The molecule has 9 heavy (non-hydrogen) atoms. The molecule has 1 aliphatic heterocycles. The van der Waals surface area contributed by atoms with Crippen LogP contribution in [0.1, 0.15) is 6.92 Å². The summed E-state index contributed by atoms with van der Waals surface area (Å²) < 4.78 is 0. The zero-order valence-corrected chi connectivity index (χ0v) is 6.85. The van der Waals surface area contributed by atoms with Gasteiger partial charge in [-0.3, -0.25) is 0 Å². The van der Waals surface area contributed by atoms with E-state index >= 15 is 0 Å². The number of hydrogen-bond acceptors (Lipinski definition) is 1. The Kier molecular flexibility index (Phi) is 1.72. The van der Waals surface area contributed by atoms with E-state index in [-0.39, 0.29) is 5.16 Å².